The molecule has 0 atom stereocenters. The highest BCUT2D eigenvalue weighted by atomic mass is 32.2. The molecule has 0 bridgehead atoms. The van der Waals surface area contributed by atoms with E-state index in [0.29, 0.717) is 10.8 Å². The third-order valence-corrected chi connectivity index (χ3v) is 3.78. The fourth-order valence-electron chi connectivity index (χ4n) is 1.45. The molecule has 0 amide bonds. The van der Waals surface area contributed by atoms with Gasteiger partial charge in [-0.2, -0.15) is 0 Å². The maximum absolute atomic E-state index is 5.73. The molecule has 86 valence electrons. The van der Waals surface area contributed by atoms with Crippen molar-refractivity contribution < 1.29 is 0 Å². The quantitative estimate of drug-likeness (QED) is 0.709. The van der Waals surface area contributed by atoms with E-state index in [9.17, 15) is 0 Å². The van der Waals surface area contributed by atoms with Crippen molar-refractivity contribution in [1.82, 2.24) is 19.6 Å². The van der Waals surface area contributed by atoms with E-state index >= 15 is 0 Å². The number of nitrogen functional groups attached to an aromatic ring is 1. The first-order valence-corrected chi connectivity index (χ1v) is 6.73. The molecule has 7 heteroatoms. The Kier molecular flexibility index (Phi) is 2.69. The van der Waals surface area contributed by atoms with Gasteiger partial charge in [-0.1, -0.05) is 28.4 Å². The lowest BCUT2D eigenvalue weighted by molar-refractivity contribution is 1.05. The van der Waals surface area contributed by atoms with Gasteiger partial charge in [-0.3, -0.25) is 0 Å². The van der Waals surface area contributed by atoms with E-state index in [2.05, 4.69) is 19.6 Å². The lowest BCUT2D eigenvalue weighted by Crippen LogP contribution is -1.89. The monoisotopic (exact) mass is 263 g/mol. The Labute approximate surface area is 106 Å². The van der Waals surface area contributed by atoms with Crippen molar-refractivity contribution in [2.45, 2.75) is 10.9 Å². The molecular weight excluding hydrogens is 254 g/mol. The number of rotatable bonds is 3. The highest BCUT2D eigenvalue weighted by Crippen LogP contribution is 2.25. The number of nitrogens with one attached hydrogen (secondary N) is 1. The zero-order valence-corrected chi connectivity index (χ0v) is 10.4. The van der Waals surface area contributed by atoms with Crippen LogP contribution in [0.2, 0.25) is 0 Å². The third-order valence-electron chi connectivity index (χ3n) is 2.30. The summed E-state index contributed by atoms with van der Waals surface area (Å²) in [6, 6.07) is 7.94. The summed E-state index contributed by atoms with van der Waals surface area (Å²) in [5, 5.41) is 5.51. The summed E-state index contributed by atoms with van der Waals surface area (Å²) in [6.07, 6.45) is 0. The van der Waals surface area contributed by atoms with Gasteiger partial charge in [0.2, 0.25) is 0 Å². The van der Waals surface area contributed by atoms with Crippen LogP contribution in [-0.4, -0.2) is 19.6 Å². The lowest BCUT2D eigenvalue weighted by atomic mass is 10.3. The Hall–Kier alpha value is -1.60. The van der Waals surface area contributed by atoms with Crippen LogP contribution in [0.25, 0.3) is 11.0 Å². The number of hydrogen-bond donors (Lipinski definition) is 2. The van der Waals surface area contributed by atoms with Crippen LogP contribution >= 0.6 is 23.3 Å². The molecule has 0 aliphatic heterocycles. The maximum Gasteiger partial charge on any atom is 0.166 e. The summed E-state index contributed by atoms with van der Waals surface area (Å²) >= 11 is 2.79. The Morgan fingerprint density at radius 1 is 1.35 bits per heavy atom. The second kappa shape index (κ2) is 4.34. The van der Waals surface area contributed by atoms with Crippen LogP contribution < -0.4 is 5.73 Å². The van der Waals surface area contributed by atoms with Gasteiger partial charge in [0.25, 0.3) is 0 Å². The molecule has 0 aliphatic carbocycles. The van der Waals surface area contributed by atoms with Crippen molar-refractivity contribution in [1.29, 1.82) is 0 Å². The van der Waals surface area contributed by atoms with E-state index in [0.717, 1.165) is 21.9 Å². The van der Waals surface area contributed by atoms with Crippen LogP contribution in [-0.2, 0) is 5.75 Å². The summed E-state index contributed by atoms with van der Waals surface area (Å²) in [6.45, 7) is 0. The fourth-order valence-corrected chi connectivity index (χ4v) is 2.82. The molecule has 2 aromatic heterocycles. The Morgan fingerprint density at radius 3 is 3.00 bits per heavy atom. The van der Waals surface area contributed by atoms with Crippen LogP contribution in [0.5, 0.6) is 0 Å². The average molecular weight is 263 g/mol. The van der Waals surface area contributed by atoms with Gasteiger partial charge in [0.1, 0.15) is 10.7 Å². The first-order valence-electron chi connectivity index (χ1n) is 4.97. The zero-order valence-electron chi connectivity index (χ0n) is 8.75. The Bertz CT molecular complexity index is 612. The number of aromatic amines is 1. The molecule has 3 rings (SSSR count). The van der Waals surface area contributed by atoms with Crippen LogP contribution in [0.1, 0.15) is 5.69 Å². The number of benzene rings is 1. The minimum atomic E-state index is 0.675. The molecule has 5 nitrogen and oxygen atoms in total. The van der Waals surface area contributed by atoms with Crippen molar-refractivity contribution in [3.05, 3.63) is 30.0 Å². The smallest absolute Gasteiger partial charge is 0.166 e. The first-order chi connectivity index (χ1) is 8.33. The summed E-state index contributed by atoms with van der Waals surface area (Å²) < 4.78 is 3.80. The largest absolute Gasteiger partial charge is 0.388 e. The van der Waals surface area contributed by atoms with Crippen molar-refractivity contribution in [3.63, 3.8) is 0 Å². The van der Waals surface area contributed by atoms with Crippen LogP contribution in [0, 0.1) is 0 Å². The summed E-state index contributed by atoms with van der Waals surface area (Å²) in [4.78, 5) is 7.71. The molecule has 0 spiro atoms. The van der Waals surface area contributed by atoms with E-state index in [-0.39, 0.29) is 0 Å². The Balaban J connectivity index is 1.79. The topological polar surface area (TPSA) is 80.5 Å². The number of anilines is 1. The zero-order chi connectivity index (χ0) is 11.7. The van der Waals surface area contributed by atoms with Gasteiger partial charge < -0.3 is 10.7 Å². The normalized spacial score (nSPS) is 11.1. The van der Waals surface area contributed by atoms with Crippen LogP contribution in [0.3, 0.4) is 0 Å². The molecule has 0 fully saturated rings. The molecule has 0 unspecified atom stereocenters. The molecule has 1 aromatic carbocycles. The molecule has 17 heavy (non-hydrogen) atoms. The van der Waals surface area contributed by atoms with E-state index in [1.807, 2.05) is 24.3 Å². The maximum atomic E-state index is 5.73. The van der Waals surface area contributed by atoms with Crippen molar-refractivity contribution in [2.75, 3.05) is 5.73 Å². The standard InChI is InChI=1S/C10H9N5S2/c11-9-8(14-15-17-9)5-16-10-12-6-3-1-2-4-7(6)13-10/h1-4H,5,11H2,(H,12,13). The van der Waals surface area contributed by atoms with E-state index < -0.39 is 0 Å². The number of nitrogens with two attached hydrogens (primary N) is 1. The van der Waals surface area contributed by atoms with E-state index in [1.54, 1.807) is 11.8 Å². The van der Waals surface area contributed by atoms with Crippen molar-refractivity contribution >= 4 is 39.3 Å². The average Bonchev–Trinajstić information content (AvgIpc) is 2.92. The second-order valence-corrected chi connectivity index (χ2v) is 5.18. The van der Waals surface area contributed by atoms with Gasteiger partial charge in [-0.05, 0) is 12.1 Å². The lowest BCUT2D eigenvalue weighted by Gasteiger charge is -1.94. The van der Waals surface area contributed by atoms with Crippen molar-refractivity contribution in [3.8, 4) is 0 Å². The summed E-state index contributed by atoms with van der Waals surface area (Å²) in [5.74, 6) is 0.683. The van der Waals surface area contributed by atoms with Gasteiger partial charge >= 0.3 is 0 Å². The number of H-pyrrole nitrogens is 1. The van der Waals surface area contributed by atoms with E-state index in [1.165, 1.54) is 11.5 Å². The predicted molar refractivity (Wildman–Crippen MR) is 70.0 cm³/mol. The van der Waals surface area contributed by atoms with Gasteiger partial charge in [0.05, 0.1) is 11.0 Å². The number of imidazole rings is 1. The molecule has 0 aliphatic rings. The molecule has 3 aromatic rings. The molecule has 3 N–H and O–H groups in total. The number of hydrogen-bond acceptors (Lipinski definition) is 6. The number of thioether (sulfide) groups is 1. The number of para-hydroxylation sites is 2. The minimum Gasteiger partial charge on any atom is -0.388 e. The highest BCUT2D eigenvalue weighted by molar-refractivity contribution is 7.98. The van der Waals surface area contributed by atoms with Gasteiger partial charge in [-0.25, -0.2) is 4.98 Å². The van der Waals surface area contributed by atoms with Crippen LogP contribution in [0.15, 0.2) is 29.4 Å². The SMILES string of the molecule is Nc1snnc1CSc1nc2ccccc2[nH]1. The first kappa shape index (κ1) is 10.5. The number of nitrogens with zero attached hydrogens (tertiary/aromatic N) is 3. The fraction of sp³-hybridized carbons (Fsp3) is 0.100. The molecule has 0 radical (unpaired) electrons. The molecular formula is C10H9N5S2. The highest BCUT2D eigenvalue weighted by Gasteiger charge is 2.07. The summed E-state index contributed by atoms with van der Waals surface area (Å²) in [7, 11) is 0. The number of fused-ring (bicyclic) bond motifs is 1. The third kappa shape index (κ3) is 2.11. The van der Waals surface area contributed by atoms with Gasteiger partial charge in [-0.15, -0.1) is 5.10 Å². The van der Waals surface area contributed by atoms with Gasteiger partial charge in [0, 0.05) is 17.3 Å². The van der Waals surface area contributed by atoms with Crippen LogP contribution in [0.4, 0.5) is 5.00 Å². The van der Waals surface area contributed by atoms with E-state index in [4.69, 9.17) is 5.73 Å². The predicted octanol–water partition coefficient (Wildman–Crippen LogP) is 2.29. The van der Waals surface area contributed by atoms with Crippen molar-refractivity contribution in [2.24, 2.45) is 0 Å². The molecule has 0 saturated carbocycles. The molecule has 2 heterocycles. The summed E-state index contributed by atoms with van der Waals surface area (Å²) in [5.41, 5.74) is 8.56. The number of aromatic nitrogens is 4. The second-order valence-electron chi connectivity index (χ2n) is 3.43. The minimum absolute atomic E-state index is 0.675. The Morgan fingerprint density at radius 2 is 2.24 bits per heavy atom. The van der Waals surface area contributed by atoms with Gasteiger partial charge in [0.15, 0.2) is 5.16 Å². The molecule has 0 saturated heterocycles.